The molecule has 2 aromatic rings. The Balaban J connectivity index is 2.05. The first kappa shape index (κ1) is 10.4. The molecule has 2 N–H and O–H groups in total. The van der Waals surface area contributed by atoms with Crippen molar-refractivity contribution in [3.63, 3.8) is 0 Å². The zero-order valence-corrected chi connectivity index (χ0v) is 9.95. The Bertz CT molecular complexity index is 442. The Labute approximate surface area is 100 Å². The van der Waals surface area contributed by atoms with Gasteiger partial charge >= 0.3 is 0 Å². The average Bonchev–Trinajstić information content (AvgIpc) is 2.69. The van der Waals surface area contributed by atoms with Crippen molar-refractivity contribution in [2.24, 2.45) is 0 Å². The van der Waals surface area contributed by atoms with Gasteiger partial charge in [0, 0.05) is 15.5 Å². The second-order valence-electron chi connectivity index (χ2n) is 3.06. The molecule has 0 spiro atoms. The molecule has 1 heterocycles. The van der Waals surface area contributed by atoms with Crippen LogP contribution in [0.2, 0.25) is 0 Å². The van der Waals surface area contributed by atoms with Gasteiger partial charge in [-0.25, -0.2) is 4.39 Å². The largest absolute Gasteiger partial charge is 0.379 e. The molecule has 0 aliphatic heterocycles. The third-order valence-electron chi connectivity index (χ3n) is 1.96. The smallest absolute Gasteiger partial charge is 0.124 e. The Kier molecular flexibility index (Phi) is 3.20. The minimum absolute atomic E-state index is 0.216. The summed E-state index contributed by atoms with van der Waals surface area (Å²) in [6, 6.07) is 6.56. The monoisotopic (exact) mass is 317 g/mol. The lowest BCUT2D eigenvalue weighted by atomic mass is 10.3. The van der Waals surface area contributed by atoms with Gasteiger partial charge in [-0.05, 0) is 46.9 Å². The van der Waals surface area contributed by atoms with Crippen LogP contribution >= 0.6 is 22.6 Å². The summed E-state index contributed by atoms with van der Waals surface area (Å²) >= 11 is 2.10. The van der Waals surface area contributed by atoms with Gasteiger partial charge in [0.25, 0.3) is 0 Å². The van der Waals surface area contributed by atoms with Crippen LogP contribution in [0, 0.1) is 9.39 Å². The molecule has 2 rings (SSSR count). The average molecular weight is 317 g/mol. The number of halogens is 2. The highest BCUT2D eigenvalue weighted by Gasteiger charge is 2.01. The van der Waals surface area contributed by atoms with Crippen molar-refractivity contribution in [1.82, 2.24) is 10.2 Å². The lowest BCUT2D eigenvalue weighted by molar-refractivity contribution is 0.627. The van der Waals surface area contributed by atoms with Crippen molar-refractivity contribution in [3.05, 3.63) is 45.5 Å². The van der Waals surface area contributed by atoms with Gasteiger partial charge in [0.2, 0.25) is 0 Å². The van der Waals surface area contributed by atoms with E-state index in [0.717, 1.165) is 15.0 Å². The van der Waals surface area contributed by atoms with Crippen LogP contribution < -0.4 is 5.32 Å². The first-order valence-electron chi connectivity index (χ1n) is 4.43. The fraction of sp³-hybridized carbons (Fsp3) is 0.100. The number of hydrogen-bond donors (Lipinski definition) is 2. The highest BCUT2D eigenvalue weighted by atomic mass is 127. The van der Waals surface area contributed by atoms with Crippen LogP contribution in [0.1, 0.15) is 5.69 Å². The van der Waals surface area contributed by atoms with Crippen molar-refractivity contribution in [1.29, 1.82) is 0 Å². The minimum atomic E-state index is -0.216. The van der Waals surface area contributed by atoms with Gasteiger partial charge in [-0.1, -0.05) is 0 Å². The van der Waals surface area contributed by atoms with Crippen molar-refractivity contribution in [2.75, 3.05) is 5.32 Å². The first-order chi connectivity index (χ1) is 7.25. The molecule has 0 saturated heterocycles. The summed E-state index contributed by atoms with van der Waals surface area (Å²) < 4.78 is 13.7. The normalized spacial score (nSPS) is 10.3. The Morgan fingerprint density at radius 3 is 2.93 bits per heavy atom. The zero-order valence-electron chi connectivity index (χ0n) is 7.80. The first-order valence-corrected chi connectivity index (χ1v) is 5.51. The summed E-state index contributed by atoms with van der Waals surface area (Å²) in [6.07, 6.45) is 1.70. The predicted octanol–water partition coefficient (Wildman–Crippen LogP) is 2.77. The highest BCUT2D eigenvalue weighted by molar-refractivity contribution is 14.1. The number of benzene rings is 1. The van der Waals surface area contributed by atoms with Gasteiger partial charge in [-0.15, -0.1) is 0 Å². The summed E-state index contributed by atoms with van der Waals surface area (Å²) in [4.78, 5) is 0. The maximum absolute atomic E-state index is 12.8. The molecule has 1 aromatic carbocycles. The molecule has 0 unspecified atom stereocenters. The Morgan fingerprint density at radius 2 is 2.27 bits per heavy atom. The van der Waals surface area contributed by atoms with Crippen molar-refractivity contribution in [2.45, 2.75) is 6.54 Å². The van der Waals surface area contributed by atoms with Crippen LogP contribution in [0.5, 0.6) is 0 Å². The van der Waals surface area contributed by atoms with Crippen LogP contribution in [-0.4, -0.2) is 10.2 Å². The van der Waals surface area contributed by atoms with E-state index in [-0.39, 0.29) is 5.82 Å². The summed E-state index contributed by atoms with van der Waals surface area (Å²) in [5.41, 5.74) is 1.92. The molecule has 0 saturated carbocycles. The summed E-state index contributed by atoms with van der Waals surface area (Å²) in [5.74, 6) is -0.216. The zero-order chi connectivity index (χ0) is 10.7. The highest BCUT2D eigenvalue weighted by Crippen LogP contribution is 2.19. The van der Waals surface area contributed by atoms with Crippen LogP contribution in [0.25, 0.3) is 0 Å². The maximum Gasteiger partial charge on any atom is 0.124 e. The van der Waals surface area contributed by atoms with E-state index in [4.69, 9.17) is 0 Å². The number of aromatic amines is 1. The van der Waals surface area contributed by atoms with Crippen LogP contribution in [0.3, 0.4) is 0 Å². The SMILES string of the molecule is Fc1ccc(NCc2ccn[nH]2)c(I)c1. The van der Waals surface area contributed by atoms with Gasteiger partial charge in [0.1, 0.15) is 5.82 Å². The Hall–Kier alpha value is -1.11. The second-order valence-corrected chi connectivity index (χ2v) is 4.22. The number of rotatable bonds is 3. The summed E-state index contributed by atoms with van der Waals surface area (Å²) in [5, 5.41) is 9.89. The Morgan fingerprint density at radius 1 is 1.40 bits per heavy atom. The molecular formula is C10H9FIN3. The van der Waals surface area contributed by atoms with E-state index in [1.165, 1.54) is 12.1 Å². The third kappa shape index (κ3) is 2.68. The van der Waals surface area contributed by atoms with Crippen LogP contribution in [-0.2, 0) is 6.54 Å². The summed E-state index contributed by atoms with van der Waals surface area (Å²) in [6.45, 7) is 0.654. The third-order valence-corrected chi connectivity index (χ3v) is 2.85. The quantitative estimate of drug-likeness (QED) is 0.855. The number of nitrogens with one attached hydrogen (secondary N) is 2. The molecule has 15 heavy (non-hydrogen) atoms. The standard InChI is InChI=1S/C10H9FIN3/c11-7-1-2-10(9(12)5-7)13-6-8-3-4-14-15-8/h1-5,13H,6H2,(H,14,15). The van der Waals surface area contributed by atoms with E-state index >= 15 is 0 Å². The van der Waals surface area contributed by atoms with Crippen molar-refractivity contribution >= 4 is 28.3 Å². The van der Waals surface area contributed by atoms with E-state index in [1.807, 2.05) is 6.07 Å². The number of aromatic nitrogens is 2. The molecular weight excluding hydrogens is 308 g/mol. The van der Waals surface area contributed by atoms with Crippen molar-refractivity contribution in [3.8, 4) is 0 Å². The molecule has 0 bridgehead atoms. The van der Waals surface area contributed by atoms with Gasteiger partial charge in [-0.3, -0.25) is 5.10 Å². The van der Waals surface area contributed by atoms with Gasteiger partial charge in [-0.2, -0.15) is 5.10 Å². The molecule has 0 radical (unpaired) electrons. The molecule has 0 amide bonds. The van der Waals surface area contributed by atoms with Gasteiger partial charge in [0.05, 0.1) is 12.2 Å². The van der Waals surface area contributed by atoms with Crippen LogP contribution in [0.4, 0.5) is 10.1 Å². The lowest BCUT2D eigenvalue weighted by Crippen LogP contribution is -2.01. The lowest BCUT2D eigenvalue weighted by Gasteiger charge is -2.06. The number of anilines is 1. The molecule has 1 aromatic heterocycles. The van der Waals surface area contributed by atoms with Gasteiger partial charge < -0.3 is 5.32 Å². The molecule has 5 heteroatoms. The molecule has 0 aliphatic rings. The predicted molar refractivity (Wildman–Crippen MR) is 65.0 cm³/mol. The van der Waals surface area contributed by atoms with E-state index < -0.39 is 0 Å². The molecule has 0 fully saturated rings. The number of hydrogen-bond acceptors (Lipinski definition) is 2. The van der Waals surface area contributed by atoms with E-state index in [9.17, 15) is 4.39 Å². The molecule has 0 aliphatic carbocycles. The summed E-state index contributed by atoms with van der Waals surface area (Å²) in [7, 11) is 0. The van der Waals surface area contributed by atoms with Crippen LogP contribution in [0.15, 0.2) is 30.5 Å². The topological polar surface area (TPSA) is 40.7 Å². The van der Waals surface area contributed by atoms with E-state index in [0.29, 0.717) is 6.54 Å². The number of nitrogens with zero attached hydrogens (tertiary/aromatic N) is 1. The van der Waals surface area contributed by atoms with Crippen molar-refractivity contribution < 1.29 is 4.39 Å². The fourth-order valence-corrected chi connectivity index (χ4v) is 1.87. The van der Waals surface area contributed by atoms with E-state index in [2.05, 4.69) is 38.1 Å². The molecule has 0 atom stereocenters. The van der Waals surface area contributed by atoms with E-state index in [1.54, 1.807) is 12.3 Å². The number of H-pyrrole nitrogens is 1. The van der Waals surface area contributed by atoms with Gasteiger partial charge in [0.15, 0.2) is 0 Å². The second kappa shape index (κ2) is 4.61. The molecule has 78 valence electrons. The fourth-order valence-electron chi connectivity index (χ4n) is 1.21. The minimum Gasteiger partial charge on any atom is -0.379 e. The maximum atomic E-state index is 12.8. The molecule has 3 nitrogen and oxygen atoms in total.